The monoisotopic (exact) mass is 349 g/mol. The van der Waals surface area contributed by atoms with Crippen LogP contribution >= 0.6 is 15.9 Å². The summed E-state index contributed by atoms with van der Waals surface area (Å²) in [5, 5.41) is 6.73. The molecule has 0 atom stereocenters. The van der Waals surface area contributed by atoms with Crippen LogP contribution in [-0.2, 0) is 0 Å². The van der Waals surface area contributed by atoms with E-state index in [2.05, 4.69) is 26.2 Å². The second kappa shape index (κ2) is 5.23. The minimum atomic E-state index is -4.97. The van der Waals surface area contributed by atoms with Crippen molar-refractivity contribution in [3.05, 3.63) is 34.6 Å². The Bertz CT molecular complexity index is 655. The highest BCUT2D eigenvalue weighted by Crippen LogP contribution is 2.27. The molecule has 0 fully saturated rings. The SMILES string of the molecule is COc1ccc(-n2cc(C(=O)C(F)(F)F)nn2)cc1Br. The van der Waals surface area contributed by atoms with Crippen molar-refractivity contribution in [2.24, 2.45) is 0 Å². The summed E-state index contributed by atoms with van der Waals surface area (Å²) in [6.45, 7) is 0. The molecule has 1 heterocycles. The van der Waals surface area contributed by atoms with Crippen molar-refractivity contribution in [2.75, 3.05) is 7.11 Å². The van der Waals surface area contributed by atoms with Crippen LogP contribution in [0.5, 0.6) is 5.75 Å². The van der Waals surface area contributed by atoms with E-state index in [4.69, 9.17) is 4.74 Å². The van der Waals surface area contributed by atoms with Crippen LogP contribution < -0.4 is 4.74 Å². The number of nitrogens with zero attached hydrogens (tertiary/aromatic N) is 3. The Balaban J connectivity index is 2.34. The van der Waals surface area contributed by atoms with Gasteiger partial charge in [-0.05, 0) is 34.1 Å². The van der Waals surface area contributed by atoms with E-state index in [9.17, 15) is 18.0 Å². The van der Waals surface area contributed by atoms with Crippen LogP contribution in [0.25, 0.3) is 5.69 Å². The number of alkyl halides is 3. The standard InChI is InChI=1S/C11H7BrF3N3O2/c1-20-9-3-2-6(4-7(9)12)18-5-8(16-17-18)10(19)11(13,14)15/h2-5H,1H3. The van der Waals surface area contributed by atoms with Crippen molar-refractivity contribution in [2.45, 2.75) is 6.18 Å². The maximum Gasteiger partial charge on any atom is 0.456 e. The van der Waals surface area contributed by atoms with Crippen molar-refractivity contribution < 1.29 is 22.7 Å². The lowest BCUT2D eigenvalue weighted by atomic mass is 10.3. The Morgan fingerprint density at radius 1 is 1.40 bits per heavy atom. The van der Waals surface area contributed by atoms with Crippen molar-refractivity contribution in [3.63, 3.8) is 0 Å². The normalized spacial score (nSPS) is 11.4. The van der Waals surface area contributed by atoms with Gasteiger partial charge >= 0.3 is 6.18 Å². The second-order valence-corrected chi connectivity index (χ2v) is 4.55. The predicted molar refractivity (Wildman–Crippen MR) is 66.0 cm³/mol. The van der Waals surface area contributed by atoms with E-state index in [1.165, 1.54) is 7.11 Å². The lowest BCUT2D eigenvalue weighted by molar-refractivity contribution is -0.0888. The van der Waals surface area contributed by atoms with Gasteiger partial charge in [-0.1, -0.05) is 5.21 Å². The topological polar surface area (TPSA) is 57.0 Å². The fourth-order valence-electron chi connectivity index (χ4n) is 1.44. The molecule has 0 aliphatic heterocycles. The third-order valence-electron chi connectivity index (χ3n) is 2.38. The summed E-state index contributed by atoms with van der Waals surface area (Å²) in [5.41, 5.74) is -0.323. The molecule has 2 rings (SSSR count). The Kier molecular flexibility index (Phi) is 3.80. The molecule has 1 aromatic heterocycles. The minimum Gasteiger partial charge on any atom is -0.496 e. The number of ether oxygens (including phenoxy) is 1. The zero-order chi connectivity index (χ0) is 14.9. The van der Waals surface area contributed by atoms with Gasteiger partial charge in [0.25, 0.3) is 5.78 Å². The van der Waals surface area contributed by atoms with Gasteiger partial charge in [-0.3, -0.25) is 4.79 Å². The number of rotatable bonds is 3. The fourth-order valence-corrected chi connectivity index (χ4v) is 1.97. The highest BCUT2D eigenvalue weighted by atomic mass is 79.9. The van der Waals surface area contributed by atoms with E-state index >= 15 is 0 Å². The summed E-state index contributed by atoms with van der Waals surface area (Å²) >= 11 is 3.24. The molecule has 0 spiro atoms. The lowest BCUT2D eigenvalue weighted by Crippen LogP contribution is -2.23. The zero-order valence-electron chi connectivity index (χ0n) is 9.98. The molecule has 2 aromatic rings. The van der Waals surface area contributed by atoms with Gasteiger partial charge in [0.05, 0.1) is 23.5 Å². The molecule has 1 aromatic carbocycles. The van der Waals surface area contributed by atoms with Crippen molar-refractivity contribution in [1.29, 1.82) is 0 Å². The Morgan fingerprint density at radius 2 is 2.10 bits per heavy atom. The summed E-state index contributed by atoms with van der Waals surface area (Å²) in [5.74, 6) is -1.48. The van der Waals surface area contributed by atoms with Crippen molar-refractivity contribution in [3.8, 4) is 11.4 Å². The van der Waals surface area contributed by atoms with Crippen LogP contribution in [0.3, 0.4) is 0 Å². The molecule has 106 valence electrons. The molecule has 20 heavy (non-hydrogen) atoms. The van der Waals surface area contributed by atoms with Gasteiger partial charge in [-0.2, -0.15) is 13.2 Å². The maximum absolute atomic E-state index is 12.3. The molecule has 0 unspecified atom stereocenters. The molecule has 0 aliphatic carbocycles. The predicted octanol–water partition coefficient (Wildman–Crippen LogP) is 2.78. The first-order valence-electron chi connectivity index (χ1n) is 5.20. The number of benzene rings is 1. The number of carbonyl (C=O) groups is 1. The van der Waals surface area contributed by atoms with Gasteiger partial charge in [-0.25, -0.2) is 4.68 Å². The van der Waals surface area contributed by atoms with E-state index in [0.29, 0.717) is 15.9 Å². The molecule has 9 heteroatoms. The summed E-state index contributed by atoms with van der Waals surface area (Å²) < 4.78 is 43.5. The summed E-state index contributed by atoms with van der Waals surface area (Å²) in [4.78, 5) is 11.0. The quantitative estimate of drug-likeness (QED) is 0.799. The van der Waals surface area contributed by atoms with E-state index in [0.717, 1.165) is 10.9 Å². The van der Waals surface area contributed by atoms with Gasteiger partial charge in [-0.15, -0.1) is 5.10 Å². The molecule has 0 N–H and O–H groups in total. The van der Waals surface area contributed by atoms with Crippen LogP contribution in [-0.4, -0.2) is 34.1 Å². The number of halogens is 4. The first-order valence-corrected chi connectivity index (χ1v) is 6.00. The minimum absolute atomic E-state index is 0.436. The smallest absolute Gasteiger partial charge is 0.456 e. The largest absolute Gasteiger partial charge is 0.496 e. The van der Waals surface area contributed by atoms with Gasteiger partial charge in [0.15, 0.2) is 5.69 Å². The van der Waals surface area contributed by atoms with Gasteiger partial charge in [0.2, 0.25) is 0 Å². The third-order valence-corrected chi connectivity index (χ3v) is 3.00. The number of carbonyl (C=O) groups excluding carboxylic acids is 1. The van der Waals surface area contributed by atoms with Crippen LogP contribution in [0.1, 0.15) is 10.5 Å². The van der Waals surface area contributed by atoms with E-state index in [-0.39, 0.29) is 0 Å². The number of ketones is 1. The van der Waals surface area contributed by atoms with Crippen LogP contribution in [0, 0.1) is 0 Å². The molecule has 5 nitrogen and oxygen atoms in total. The summed E-state index contributed by atoms with van der Waals surface area (Å²) in [7, 11) is 1.48. The molecule has 0 radical (unpaired) electrons. The van der Waals surface area contributed by atoms with Crippen molar-refractivity contribution in [1.82, 2.24) is 15.0 Å². The average molecular weight is 350 g/mol. The number of aromatic nitrogens is 3. The molecular weight excluding hydrogens is 343 g/mol. The van der Waals surface area contributed by atoms with E-state index < -0.39 is 17.7 Å². The molecule has 0 aliphatic rings. The second-order valence-electron chi connectivity index (χ2n) is 3.69. The molecular formula is C11H7BrF3N3O2. The first-order chi connectivity index (χ1) is 9.32. The highest BCUT2D eigenvalue weighted by Gasteiger charge is 2.41. The molecule has 0 bridgehead atoms. The number of hydrogen-bond donors (Lipinski definition) is 0. The Morgan fingerprint density at radius 3 is 2.65 bits per heavy atom. The number of methoxy groups -OCH3 is 1. The fraction of sp³-hybridized carbons (Fsp3) is 0.182. The first kappa shape index (κ1) is 14.5. The Hall–Kier alpha value is -1.90. The average Bonchev–Trinajstić information content (AvgIpc) is 2.86. The summed E-state index contributed by atoms with van der Waals surface area (Å²) in [6.07, 6.45) is -4.05. The van der Waals surface area contributed by atoms with Crippen LogP contribution in [0.2, 0.25) is 0 Å². The zero-order valence-corrected chi connectivity index (χ0v) is 11.6. The van der Waals surface area contributed by atoms with Gasteiger partial charge in [0.1, 0.15) is 5.75 Å². The summed E-state index contributed by atoms with van der Waals surface area (Å²) in [6, 6.07) is 4.75. The third kappa shape index (κ3) is 2.82. The molecule has 0 saturated heterocycles. The van der Waals surface area contributed by atoms with Crippen molar-refractivity contribution >= 4 is 21.7 Å². The maximum atomic E-state index is 12.3. The number of Topliss-reactive ketones (excluding diaryl/α,β-unsaturated/α-hetero) is 1. The highest BCUT2D eigenvalue weighted by molar-refractivity contribution is 9.10. The lowest BCUT2D eigenvalue weighted by Gasteiger charge is -2.05. The van der Waals surface area contributed by atoms with Crippen LogP contribution in [0.15, 0.2) is 28.9 Å². The van der Waals surface area contributed by atoms with Crippen LogP contribution in [0.4, 0.5) is 13.2 Å². The molecule has 0 amide bonds. The van der Waals surface area contributed by atoms with E-state index in [1.807, 2.05) is 0 Å². The van der Waals surface area contributed by atoms with Gasteiger partial charge < -0.3 is 4.74 Å². The van der Waals surface area contributed by atoms with Gasteiger partial charge in [0, 0.05) is 0 Å². The van der Waals surface area contributed by atoms with E-state index in [1.54, 1.807) is 18.2 Å². The number of hydrogen-bond acceptors (Lipinski definition) is 4. The molecule has 0 saturated carbocycles. The Labute approximate surface area is 119 Å².